The average molecular weight is 175 g/mol. The minimum atomic E-state index is -0.298. The van der Waals surface area contributed by atoms with Crippen LogP contribution in [0.2, 0.25) is 0 Å². The van der Waals surface area contributed by atoms with Crippen LogP contribution >= 0.6 is 0 Å². The highest BCUT2D eigenvalue weighted by Crippen LogP contribution is 2.17. The number of imidazole rings is 1. The van der Waals surface area contributed by atoms with Gasteiger partial charge in [-0.1, -0.05) is 0 Å². The number of nitrogens with two attached hydrogens (primary N) is 1. The third-order valence-electron chi connectivity index (χ3n) is 2.14. The highest BCUT2D eigenvalue weighted by atomic mass is 15.0. The summed E-state index contributed by atoms with van der Waals surface area (Å²) in [7, 11) is 0. The van der Waals surface area contributed by atoms with Gasteiger partial charge in [-0.05, 0) is 31.5 Å². The Morgan fingerprint density at radius 3 is 2.85 bits per heavy atom. The molecule has 2 N–H and O–H groups in total. The first kappa shape index (κ1) is 8.26. The Labute approximate surface area is 77.2 Å². The fourth-order valence-electron chi connectivity index (χ4n) is 1.31. The van der Waals surface area contributed by atoms with E-state index < -0.39 is 0 Å². The molecule has 0 saturated carbocycles. The van der Waals surface area contributed by atoms with Gasteiger partial charge < -0.3 is 10.1 Å². The summed E-state index contributed by atoms with van der Waals surface area (Å²) in [4.78, 5) is 4.20. The summed E-state index contributed by atoms with van der Waals surface area (Å²) in [5, 5.41) is 0. The second-order valence-electron chi connectivity index (χ2n) is 3.83. The summed E-state index contributed by atoms with van der Waals surface area (Å²) >= 11 is 0. The summed E-state index contributed by atoms with van der Waals surface area (Å²) in [6.07, 6.45) is 5.68. The molecule has 0 amide bonds. The number of rotatable bonds is 1. The number of nitrogens with zero attached hydrogens (tertiary/aromatic N) is 2. The SMILES string of the molecule is CC(C)(N)c1ccn2ccnc2c1. The zero-order valence-electron chi connectivity index (χ0n) is 7.86. The number of fused-ring (bicyclic) bond motifs is 1. The fraction of sp³-hybridized carbons (Fsp3) is 0.300. The lowest BCUT2D eigenvalue weighted by Crippen LogP contribution is -2.28. The minimum absolute atomic E-state index is 0.298. The molecule has 0 aromatic carbocycles. The van der Waals surface area contributed by atoms with Gasteiger partial charge in [0, 0.05) is 24.1 Å². The molecular weight excluding hydrogens is 162 g/mol. The number of hydrogen-bond donors (Lipinski definition) is 1. The van der Waals surface area contributed by atoms with E-state index in [0.29, 0.717) is 0 Å². The molecule has 0 bridgehead atoms. The average Bonchev–Trinajstić information content (AvgIpc) is 2.47. The van der Waals surface area contributed by atoms with Gasteiger partial charge in [0.2, 0.25) is 0 Å². The molecule has 2 aromatic rings. The largest absolute Gasteiger partial charge is 0.322 e. The molecule has 0 saturated heterocycles. The molecule has 0 fully saturated rings. The molecule has 0 aliphatic carbocycles. The molecule has 0 unspecified atom stereocenters. The third kappa shape index (κ3) is 1.42. The van der Waals surface area contributed by atoms with E-state index in [-0.39, 0.29) is 5.54 Å². The summed E-state index contributed by atoms with van der Waals surface area (Å²) in [6.45, 7) is 3.98. The lowest BCUT2D eigenvalue weighted by Gasteiger charge is -2.18. The summed E-state index contributed by atoms with van der Waals surface area (Å²) in [5.41, 5.74) is 7.73. The first-order valence-corrected chi connectivity index (χ1v) is 4.29. The van der Waals surface area contributed by atoms with Crippen molar-refractivity contribution in [2.75, 3.05) is 0 Å². The van der Waals surface area contributed by atoms with Crippen LogP contribution in [0.5, 0.6) is 0 Å². The zero-order valence-corrected chi connectivity index (χ0v) is 7.86. The van der Waals surface area contributed by atoms with Crippen LogP contribution in [0.25, 0.3) is 5.65 Å². The monoisotopic (exact) mass is 175 g/mol. The van der Waals surface area contributed by atoms with Gasteiger partial charge in [-0.25, -0.2) is 4.98 Å². The van der Waals surface area contributed by atoms with Crippen molar-refractivity contribution in [1.29, 1.82) is 0 Å². The molecule has 68 valence electrons. The molecule has 0 atom stereocenters. The van der Waals surface area contributed by atoms with E-state index in [1.54, 1.807) is 6.20 Å². The van der Waals surface area contributed by atoms with Crippen LogP contribution in [0.3, 0.4) is 0 Å². The van der Waals surface area contributed by atoms with Crippen molar-refractivity contribution in [2.45, 2.75) is 19.4 Å². The number of hydrogen-bond acceptors (Lipinski definition) is 2. The van der Waals surface area contributed by atoms with Crippen molar-refractivity contribution in [3.63, 3.8) is 0 Å². The fourth-order valence-corrected chi connectivity index (χ4v) is 1.31. The Balaban J connectivity index is 2.61. The molecule has 0 aliphatic rings. The second kappa shape index (κ2) is 2.57. The van der Waals surface area contributed by atoms with Gasteiger partial charge in [-0.3, -0.25) is 0 Å². The van der Waals surface area contributed by atoms with Crippen LogP contribution in [-0.4, -0.2) is 9.38 Å². The van der Waals surface area contributed by atoms with Crippen LogP contribution in [0.1, 0.15) is 19.4 Å². The van der Waals surface area contributed by atoms with Crippen molar-refractivity contribution in [3.8, 4) is 0 Å². The Hall–Kier alpha value is -1.35. The van der Waals surface area contributed by atoms with Gasteiger partial charge in [0.25, 0.3) is 0 Å². The van der Waals surface area contributed by atoms with Crippen molar-refractivity contribution < 1.29 is 0 Å². The van der Waals surface area contributed by atoms with Crippen LogP contribution < -0.4 is 5.73 Å². The number of pyridine rings is 1. The van der Waals surface area contributed by atoms with Crippen LogP contribution in [0, 0.1) is 0 Å². The standard InChI is InChI=1S/C10H13N3/c1-10(2,11)8-3-5-13-6-4-12-9(13)7-8/h3-7H,11H2,1-2H3. The Morgan fingerprint density at radius 2 is 2.15 bits per heavy atom. The second-order valence-corrected chi connectivity index (χ2v) is 3.83. The lowest BCUT2D eigenvalue weighted by molar-refractivity contribution is 0.554. The van der Waals surface area contributed by atoms with Gasteiger partial charge in [0.05, 0.1) is 0 Å². The van der Waals surface area contributed by atoms with Crippen LogP contribution in [-0.2, 0) is 5.54 Å². The van der Waals surface area contributed by atoms with E-state index in [1.807, 2.05) is 42.8 Å². The van der Waals surface area contributed by atoms with E-state index in [4.69, 9.17) is 5.73 Å². The van der Waals surface area contributed by atoms with Crippen molar-refractivity contribution in [3.05, 3.63) is 36.3 Å². The highest BCUT2D eigenvalue weighted by Gasteiger charge is 2.14. The predicted molar refractivity (Wildman–Crippen MR) is 52.4 cm³/mol. The summed E-state index contributed by atoms with van der Waals surface area (Å²) in [6, 6.07) is 4.04. The van der Waals surface area contributed by atoms with Gasteiger partial charge in [-0.15, -0.1) is 0 Å². The van der Waals surface area contributed by atoms with Crippen molar-refractivity contribution in [2.24, 2.45) is 5.73 Å². The van der Waals surface area contributed by atoms with E-state index in [9.17, 15) is 0 Å². The van der Waals surface area contributed by atoms with E-state index in [2.05, 4.69) is 4.98 Å². The molecule has 0 aliphatic heterocycles. The lowest BCUT2D eigenvalue weighted by atomic mass is 9.97. The molecule has 0 radical (unpaired) electrons. The first-order valence-electron chi connectivity index (χ1n) is 4.29. The Morgan fingerprint density at radius 1 is 1.38 bits per heavy atom. The zero-order chi connectivity index (χ0) is 9.47. The number of aromatic nitrogens is 2. The molecule has 13 heavy (non-hydrogen) atoms. The normalized spacial score (nSPS) is 12.2. The van der Waals surface area contributed by atoms with E-state index in [0.717, 1.165) is 11.2 Å². The van der Waals surface area contributed by atoms with Crippen LogP contribution in [0.4, 0.5) is 0 Å². The Bertz CT molecular complexity index is 423. The van der Waals surface area contributed by atoms with E-state index in [1.165, 1.54) is 0 Å². The van der Waals surface area contributed by atoms with Crippen LogP contribution in [0.15, 0.2) is 30.7 Å². The van der Waals surface area contributed by atoms with Gasteiger partial charge in [0.1, 0.15) is 5.65 Å². The molecule has 2 aromatic heterocycles. The van der Waals surface area contributed by atoms with Gasteiger partial charge in [0.15, 0.2) is 0 Å². The predicted octanol–water partition coefficient (Wildman–Crippen LogP) is 1.53. The highest BCUT2D eigenvalue weighted by molar-refractivity contribution is 5.43. The first-order chi connectivity index (χ1) is 6.07. The molecule has 3 nitrogen and oxygen atoms in total. The maximum atomic E-state index is 5.98. The Kier molecular flexibility index (Phi) is 1.63. The van der Waals surface area contributed by atoms with Gasteiger partial charge >= 0.3 is 0 Å². The smallest absolute Gasteiger partial charge is 0.136 e. The van der Waals surface area contributed by atoms with E-state index >= 15 is 0 Å². The van der Waals surface area contributed by atoms with Gasteiger partial charge in [-0.2, -0.15) is 0 Å². The third-order valence-corrected chi connectivity index (χ3v) is 2.14. The molecule has 2 heterocycles. The maximum Gasteiger partial charge on any atom is 0.136 e. The van der Waals surface area contributed by atoms with Crippen molar-refractivity contribution >= 4 is 5.65 Å². The summed E-state index contributed by atoms with van der Waals surface area (Å²) < 4.78 is 1.97. The van der Waals surface area contributed by atoms with Crippen molar-refractivity contribution in [1.82, 2.24) is 9.38 Å². The molecular formula is C10H13N3. The quantitative estimate of drug-likeness (QED) is 0.714. The molecule has 3 heteroatoms. The molecule has 2 rings (SSSR count). The topological polar surface area (TPSA) is 43.3 Å². The maximum absolute atomic E-state index is 5.98. The molecule has 0 spiro atoms. The minimum Gasteiger partial charge on any atom is -0.322 e. The summed E-state index contributed by atoms with van der Waals surface area (Å²) in [5.74, 6) is 0.